The number of aromatic nitrogens is 3. The van der Waals surface area contributed by atoms with Crippen LogP contribution < -0.4 is 0 Å². The Morgan fingerprint density at radius 2 is 1.81 bits per heavy atom. The number of pyridine rings is 1. The van der Waals surface area contributed by atoms with Gasteiger partial charge in [0.25, 0.3) is 0 Å². The molecule has 0 saturated carbocycles. The van der Waals surface area contributed by atoms with E-state index in [9.17, 15) is 14.4 Å². The number of imidazole rings is 1. The number of ketones is 2. The van der Waals surface area contributed by atoms with Gasteiger partial charge in [0.1, 0.15) is 11.5 Å². The summed E-state index contributed by atoms with van der Waals surface area (Å²) in [6.45, 7) is 3.70. The number of piperidine rings is 1. The molecule has 9 nitrogen and oxygen atoms in total. The Hall–Kier alpha value is -4.31. The van der Waals surface area contributed by atoms with Crippen LogP contribution in [-0.4, -0.2) is 86.5 Å². The molecule has 1 fully saturated rings. The molecule has 42 heavy (non-hydrogen) atoms. The third-order valence-electron chi connectivity index (χ3n) is 8.84. The van der Waals surface area contributed by atoms with Gasteiger partial charge in [-0.05, 0) is 62.7 Å². The Bertz CT molecular complexity index is 1790. The molecule has 1 aliphatic carbocycles. The normalized spacial score (nSPS) is 18.3. The third-order valence-corrected chi connectivity index (χ3v) is 8.84. The Morgan fingerprint density at radius 1 is 1.02 bits per heavy atom. The molecule has 0 atom stereocenters. The SMILES string of the molecule is CN(C)CC1CCN(C(=O)N2CCn3cc(C4=C(c5cnc6ccccn56)C(=O)CC4=O)c4cc(F)cc(c43)C2)CC1. The molecule has 4 aromatic rings. The second-order valence-electron chi connectivity index (χ2n) is 11.9. The van der Waals surface area contributed by atoms with Gasteiger partial charge < -0.3 is 19.3 Å². The van der Waals surface area contributed by atoms with Crippen LogP contribution in [0.3, 0.4) is 0 Å². The average Bonchev–Trinajstić information content (AvgIpc) is 3.58. The molecule has 7 rings (SSSR count). The first-order valence-corrected chi connectivity index (χ1v) is 14.5. The molecule has 2 amide bonds. The van der Waals surface area contributed by atoms with Crippen LogP contribution >= 0.6 is 0 Å². The number of carbonyl (C=O) groups is 3. The first kappa shape index (κ1) is 26.6. The van der Waals surface area contributed by atoms with E-state index in [-0.39, 0.29) is 30.6 Å². The second-order valence-corrected chi connectivity index (χ2v) is 11.9. The Morgan fingerprint density at radius 3 is 2.60 bits per heavy atom. The number of Topliss-reactive ketones (excluding diaryl/α,β-unsaturated/α-hetero) is 2. The van der Waals surface area contributed by atoms with E-state index in [1.54, 1.807) is 15.5 Å². The van der Waals surface area contributed by atoms with Crippen molar-refractivity contribution in [2.24, 2.45) is 5.92 Å². The van der Waals surface area contributed by atoms with Crippen molar-refractivity contribution >= 4 is 45.3 Å². The molecule has 1 aromatic carbocycles. The van der Waals surface area contributed by atoms with Crippen molar-refractivity contribution in [1.82, 2.24) is 28.7 Å². The fourth-order valence-electron chi connectivity index (χ4n) is 6.96. The number of urea groups is 1. The lowest BCUT2D eigenvalue weighted by molar-refractivity contribution is -0.119. The molecule has 0 N–H and O–H groups in total. The lowest BCUT2D eigenvalue weighted by Gasteiger charge is -2.36. The maximum atomic E-state index is 15.2. The van der Waals surface area contributed by atoms with E-state index >= 15 is 4.39 Å². The van der Waals surface area contributed by atoms with Crippen molar-refractivity contribution in [3.8, 4) is 0 Å². The summed E-state index contributed by atoms with van der Waals surface area (Å²) in [4.78, 5) is 50.5. The molecule has 3 aromatic heterocycles. The smallest absolute Gasteiger partial charge is 0.320 e. The molecule has 0 spiro atoms. The standard InChI is InChI=1S/C32H33FN6O3/c1-35(2)17-20-6-9-36(10-7-20)32(42)38-12-11-37-19-24(23-14-22(33)13-21(18-38)31(23)37)29-26(40)15-27(41)30(29)25-16-34-28-5-3-4-8-39(25)28/h3-5,8,13-14,16,19-20H,6-7,9-12,15,17-18H2,1-2H3. The summed E-state index contributed by atoms with van der Waals surface area (Å²) in [5, 5.41) is 0.577. The highest BCUT2D eigenvalue weighted by Gasteiger charge is 2.37. The second kappa shape index (κ2) is 10.2. The highest BCUT2D eigenvalue weighted by atomic mass is 19.1. The number of allylic oxidation sites excluding steroid dienone is 2. The minimum atomic E-state index is -0.441. The van der Waals surface area contributed by atoms with Crippen LogP contribution in [0.1, 0.15) is 36.1 Å². The van der Waals surface area contributed by atoms with Crippen LogP contribution in [0.5, 0.6) is 0 Å². The van der Waals surface area contributed by atoms with Crippen molar-refractivity contribution in [2.45, 2.75) is 32.4 Å². The minimum absolute atomic E-state index is 0.0177. The molecular weight excluding hydrogens is 535 g/mol. The molecule has 0 radical (unpaired) electrons. The van der Waals surface area contributed by atoms with Crippen molar-refractivity contribution in [3.05, 3.63) is 71.6 Å². The fourth-order valence-corrected chi connectivity index (χ4v) is 6.96. The number of fused-ring (bicyclic) bond motifs is 1. The maximum Gasteiger partial charge on any atom is 0.320 e. The average molecular weight is 569 g/mol. The van der Waals surface area contributed by atoms with Crippen molar-refractivity contribution in [2.75, 3.05) is 40.3 Å². The van der Waals surface area contributed by atoms with Crippen molar-refractivity contribution < 1.29 is 18.8 Å². The molecule has 5 heterocycles. The molecule has 216 valence electrons. The summed E-state index contributed by atoms with van der Waals surface area (Å²) < 4.78 is 19.0. The number of benzene rings is 1. The number of likely N-dealkylation sites (tertiary alicyclic amines) is 1. The molecule has 1 saturated heterocycles. The number of rotatable bonds is 4. The largest absolute Gasteiger partial charge is 0.345 e. The molecule has 0 bridgehead atoms. The van der Waals surface area contributed by atoms with E-state index in [0.29, 0.717) is 58.0 Å². The van der Waals surface area contributed by atoms with Gasteiger partial charge >= 0.3 is 6.03 Å². The van der Waals surface area contributed by atoms with E-state index in [4.69, 9.17) is 0 Å². The Kier molecular flexibility index (Phi) is 6.46. The van der Waals surface area contributed by atoms with Gasteiger partial charge in [0.15, 0.2) is 11.6 Å². The zero-order valence-corrected chi connectivity index (χ0v) is 23.8. The van der Waals surface area contributed by atoms with Gasteiger partial charge in [0, 0.05) is 68.2 Å². The van der Waals surface area contributed by atoms with Crippen molar-refractivity contribution in [3.63, 3.8) is 0 Å². The Labute approximate surface area is 242 Å². The van der Waals surface area contributed by atoms with Gasteiger partial charge in [-0.2, -0.15) is 0 Å². The van der Waals surface area contributed by atoms with Crippen LogP contribution in [0, 0.1) is 11.7 Å². The van der Waals surface area contributed by atoms with Crippen LogP contribution in [0.25, 0.3) is 27.7 Å². The van der Waals surface area contributed by atoms with Gasteiger partial charge in [-0.25, -0.2) is 14.2 Å². The minimum Gasteiger partial charge on any atom is -0.345 e. The van der Waals surface area contributed by atoms with Gasteiger partial charge in [-0.15, -0.1) is 0 Å². The molecule has 10 heteroatoms. The van der Waals surface area contributed by atoms with Gasteiger partial charge in [-0.1, -0.05) is 6.07 Å². The summed E-state index contributed by atoms with van der Waals surface area (Å²) in [6.07, 6.45) is 7.00. The maximum absolute atomic E-state index is 15.2. The van der Waals surface area contributed by atoms with Gasteiger partial charge in [0.2, 0.25) is 0 Å². The highest BCUT2D eigenvalue weighted by molar-refractivity contribution is 6.51. The summed E-state index contributed by atoms with van der Waals surface area (Å²) in [5.41, 5.74) is 3.87. The van der Waals surface area contributed by atoms with E-state index in [0.717, 1.165) is 38.0 Å². The lowest BCUT2D eigenvalue weighted by Crippen LogP contribution is -2.47. The highest BCUT2D eigenvalue weighted by Crippen LogP contribution is 2.41. The van der Waals surface area contributed by atoms with E-state index in [1.165, 1.54) is 12.1 Å². The zero-order valence-electron chi connectivity index (χ0n) is 23.8. The first-order valence-electron chi connectivity index (χ1n) is 14.5. The van der Waals surface area contributed by atoms with E-state index in [2.05, 4.69) is 24.0 Å². The van der Waals surface area contributed by atoms with Gasteiger partial charge in [0.05, 0.1) is 29.4 Å². The first-order chi connectivity index (χ1) is 20.3. The van der Waals surface area contributed by atoms with Crippen LogP contribution in [0.4, 0.5) is 9.18 Å². The number of amides is 2. The van der Waals surface area contributed by atoms with E-state index in [1.807, 2.05) is 40.1 Å². The van der Waals surface area contributed by atoms with Crippen LogP contribution in [0.15, 0.2) is 48.9 Å². The predicted molar refractivity (Wildman–Crippen MR) is 157 cm³/mol. The third kappa shape index (κ3) is 4.41. The van der Waals surface area contributed by atoms with Crippen LogP contribution in [-0.2, 0) is 22.7 Å². The molecule has 3 aliphatic rings. The zero-order chi connectivity index (χ0) is 29.1. The number of hydrogen-bond acceptors (Lipinski definition) is 5. The number of hydrogen-bond donors (Lipinski definition) is 0. The number of nitrogens with zero attached hydrogens (tertiary/aromatic N) is 6. The predicted octanol–water partition coefficient (Wildman–Crippen LogP) is 4.09. The number of halogens is 1. The summed E-state index contributed by atoms with van der Waals surface area (Å²) in [6, 6.07) is 8.45. The van der Waals surface area contributed by atoms with Crippen LogP contribution in [0.2, 0.25) is 0 Å². The fraction of sp³-hybridized carbons (Fsp3) is 0.375. The summed E-state index contributed by atoms with van der Waals surface area (Å²) in [5.74, 6) is -0.405. The van der Waals surface area contributed by atoms with Crippen molar-refractivity contribution in [1.29, 1.82) is 0 Å². The lowest BCUT2D eigenvalue weighted by atomic mass is 9.96. The number of carbonyl (C=O) groups excluding carboxylic acids is 3. The Balaban J connectivity index is 1.25. The quantitative estimate of drug-likeness (QED) is 0.347. The summed E-state index contributed by atoms with van der Waals surface area (Å²) in [7, 11) is 4.15. The van der Waals surface area contributed by atoms with Gasteiger partial charge in [-0.3, -0.25) is 14.0 Å². The van der Waals surface area contributed by atoms with E-state index < -0.39 is 5.82 Å². The monoisotopic (exact) mass is 568 g/mol. The molecular formula is C32H33FN6O3. The molecule has 0 unspecified atom stereocenters. The summed E-state index contributed by atoms with van der Waals surface area (Å²) >= 11 is 0. The molecule has 2 aliphatic heterocycles. The topological polar surface area (TPSA) is 83.2 Å².